The molecule has 0 aromatic heterocycles. The maximum Gasteiger partial charge on any atom is 0.404 e. The summed E-state index contributed by atoms with van der Waals surface area (Å²) in [6, 6.07) is 13.5. The Labute approximate surface area is 172 Å². The molecule has 0 spiro atoms. The van der Waals surface area contributed by atoms with Crippen molar-refractivity contribution >= 4 is 29.6 Å². The van der Waals surface area contributed by atoms with Gasteiger partial charge in [0.15, 0.2) is 6.61 Å². The van der Waals surface area contributed by atoms with Gasteiger partial charge in [-0.05, 0) is 48.4 Å². The second-order valence-corrected chi connectivity index (χ2v) is 6.57. The lowest BCUT2D eigenvalue weighted by atomic mass is 10.1. The predicted molar refractivity (Wildman–Crippen MR) is 106 cm³/mol. The van der Waals surface area contributed by atoms with Crippen LogP contribution < -0.4 is 15.4 Å². The van der Waals surface area contributed by atoms with E-state index in [0.717, 1.165) is 5.56 Å². The number of amides is 2. The van der Waals surface area contributed by atoms with E-state index in [4.69, 9.17) is 21.4 Å². The van der Waals surface area contributed by atoms with Crippen LogP contribution in [-0.4, -0.2) is 42.3 Å². The molecule has 9 heteroatoms. The molecular weight excluding hydrogens is 400 g/mol. The van der Waals surface area contributed by atoms with Crippen LogP contribution in [0.2, 0.25) is 5.02 Å². The van der Waals surface area contributed by atoms with Crippen LogP contribution in [0.4, 0.5) is 4.79 Å². The quantitative estimate of drug-likeness (QED) is 0.537. The number of carbonyl (C=O) groups excluding carboxylic acids is 2. The van der Waals surface area contributed by atoms with E-state index in [1.807, 2.05) is 12.1 Å². The van der Waals surface area contributed by atoms with Crippen molar-refractivity contribution in [3.05, 3.63) is 59.1 Å². The van der Waals surface area contributed by atoms with Gasteiger partial charge in [0, 0.05) is 18.5 Å². The fraction of sp³-hybridized carbons (Fsp3) is 0.250. The van der Waals surface area contributed by atoms with E-state index in [2.05, 4.69) is 15.4 Å². The van der Waals surface area contributed by atoms with Gasteiger partial charge in [0.25, 0.3) is 5.91 Å². The number of esters is 1. The fourth-order valence-corrected chi connectivity index (χ4v) is 2.55. The maximum atomic E-state index is 11.6. The molecule has 2 aromatic carbocycles. The molecule has 0 saturated heterocycles. The summed E-state index contributed by atoms with van der Waals surface area (Å²) in [5, 5.41) is 14.5. The number of rotatable bonds is 9. The van der Waals surface area contributed by atoms with Crippen molar-refractivity contribution in [2.24, 2.45) is 0 Å². The number of hydrogen-bond donors (Lipinski definition) is 3. The molecule has 0 bridgehead atoms. The summed E-state index contributed by atoms with van der Waals surface area (Å²) < 4.78 is 10.3. The number of halogens is 1. The van der Waals surface area contributed by atoms with Crippen LogP contribution in [0.5, 0.6) is 11.5 Å². The SMILES string of the molecule is CC(=O)OCC(=O)NC[C@H](Cc1ccc(Oc2ccc(Cl)cc2)cc1)NC(=O)O. The van der Waals surface area contributed by atoms with Gasteiger partial charge in [-0.15, -0.1) is 0 Å². The van der Waals surface area contributed by atoms with Crippen molar-refractivity contribution in [3.8, 4) is 11.5 Å². The number of carbonyl (C=O) groups is 3. The minimum atomic E-state index is -1.20. The van der Waals surface area contributed by atoms with E-state index in [0.29, 0.717) is 22.9 Å². The first-order valence-electron chi connectivity index (χ1n) is 8.73. The van der Waals surface area contributed by atoms with Crippen molar-refractivity contribution < 1.29 is 29.0 Å². The summed E-state index contributed by atoms with van der Waals surface area (Å²) >= 11 is 5.85. The summed E-state index contributed by atoms with van der Waals surface area (Å²) in [4.78, 5) is 33.4. The molecule has 29 heavy (non-hydrogen) atoms. The predicted octanol–water partition coefficient (Wildman–Crippen LogP) is 2.99. The summed E-state index contributed by atoms with van der Waals surface area (Å²) in [6.07, 6.45) is -0.853. The zero-order valence-electron chi connectivity index (χ0n) is 15.7. The molecule has 2 rings (SSSR count). The highest BCUT2D eigenvalue weighted by Crippen LogP contribution is 2.23. The average molecular weight is 421 g/mol. The van der Waals surface area contributed by atoms with Gasteiger partial charge in [-0.25, -0.2) is 4.79 Å². The molecule has 0 saturated carbocycles. The lowest BCUT2D eigenvalue weighted by molar-refractivity contribution is -0.146. The summed E-state index contributed by atoms with van der Waals surface area (Å²) in [5.41, 5.74) is 0.849. The Hall–Kier alpha value is -3.26. The van der Waals surface area contributed by atoms with Crippen LogP contribution >= 0.6 is 11.6 Å². The van der Waals surface area contributed by atoms with Gasteiger partial charge < -0.3 is 25.2 Å². The molecule has 1 atom stereocenters. The molecule has 2 aromatic rings. The monoisotopic (exact) mass is 420 g/mol. The number of nitrogens with one attached hydrogen (secondary N) is 2. The molecule has 0 radical (unpaired) electrons. The lowest BCUT2D eigenvalue weighted by Crippen LogP contribution is -2.45. The van der Waals surface area contributed by atoms with Crippen LogP contribution in [-0.2, 0) is 20.7 Å². The second-order valence-electron chi connectivity index (χ2n) is 6.13. The van der Waals surface area contributed by atoms with Crippen molar-refractivity contribution in [2.45, 2.75) is 19.4 Å². The molecule has 0 aliphatic carbocycles. The van der Waals surface area contributed by atoms with Gasteiger partial charge in [0.1, 0.15) is 11.5 Å². The van der Waals surface area contributed by atoms with Gasteiger partial charge in [0.05, 0.1) is 6.04 Å². The first kappa shape index (κ1) is 22.0. The van der Waals surface area contributed by atoms with Gasteiger partial charge in [-0.3, -0.25) is 9.59 Å². The van der Waals surface area contributed by atoms with E-state index in [9.17, 15) is 14.4 Å². The first-order valence-corrected chi connectivity index (χ1v) is 9.11. The normalized spacial score (nSPS) is 11.2. The summed E-state index contributed by atoms with van der Waals surface area (Å²) in [6.45, 7) is 0.837. The maximum absolute atomic E-state index is 11.6. The molecule has 2 amide bonds. The largest absolute Gasteiger partial charge is 0.465 e. The highest BCUT2D eigenvalue weighted by atomic mass is 35.5. The minimum absolute atomic E-state index is 0.0510. The third kappa shape index (κ3) is 8.52. The Morgan fingerprint density at radius 1 is 1.03 bits per heavy atom. The second kappa shape index (κ2) is 10.9. The zero-order chi connectivity index (χ0) is 21.2. The topological polar surface area (TPSA) is 114 Å². The molecule has 0 aliphatic rings. The molecule has 0 unspecified atom stereocenters. The first-order chi connectivity index (χ1) is 13.8. The molecular formula is C20H21ClN2O6. The molecule has 154 valence electrons. The smallest absolute Gasteiger partial charge is 0.404 e. The number of carboxylic acid groups (broad SMARTS) is 1. The summed E-state index contributed by atoms with van der Waals surface area (Å²) in [5.74, 6) is 0.182. The van der Waals surface area contributed by atoms with E-state index < -0.39 is 30.6 Å². The minimum Gasteiger partial charge on any atom is -0.465 e. The molecule has 8 nitrogen and oxygen atoms in total. The third-order valence-corrected chi connectivity index (χ3v) is 3.99. The van der Waals surface area contributed by atoms with Crippen LogP contribution in [0.1, 0.15) is 12.5 Å². The van der Waals surface area contributed by atoms with Crippen LogP contribution in [0.3, 0.4) is 0 Å². The average Bonchev–Trinajstić information content (AvgIpc) is 2.67. The fourth-order valence-electron chi connectivity index (χ4n) is 2.42. The number of hydrogen-bond acceptors (Lipinski definition) is 5. The lowest BCUT2D eigenvalue weighted by Gasteiger charge is -2.18. The van der Waals surface area contributed by atoms with Crippen molar-refractivity contribution in [1.29, 1.82) is 0 Å². The number of benzene rings is 2. The summed E-state index contributed by atoms with van der Waals surface area (Å²) in [7, 11) is 0. The van der Waals surface area contributed by atoms with E-state index in [1.54, 1.807) is 36.4 Å². The number of ether oxygens (including phenoxy) is 2. The Kier molecular flexibility index (Phi) is 8.29. The van der Waals surface area contributed by atoms with Crippen LogP contribution in [0.25, 0.3) is 0 Å². The molecule has 0 fully saturated rings. The zero-order valence-corrected chi connectivity index (χ0v) is 16.4. The van der Waals surface area contributed by atoms with Crippen LogP contribution in [0.15, 0.2) is 48.5 Å². The molecule has 0 heterocycles. The third-order valence-electron chi connectivity index (χ3n) is 3.73. The van der Waals surface area contributed by atoms with Crippen molar-refractivity contribution in [3.63, 3.8) is 0 Å². The van der Waals surface area contributed by atoms with Crippen molar-refractivity contribution in [1.82, 2.24) is 10.6 Å². The molecule has 3 N–H and O–H groups in total. The molecule has 0 aliphatic heterocycles. The van der Waals surface area contributed by atoms with E-state index in [1.165, 1.54) is 6.92 Å². The highest BCUT2D eigenvalue weighted by molar-refractivity contribution is 6.30. The van der Waals surface area contributed by atoms with Gasteiger partial charge in [-0.1, -0.05) is 23.7 Å². The van der Waals surface area contributed by atoms with Gasteiger partial charge >= 0.3 is 12.1 Å². The van der Waals surface area contributed by atoms with E-state index >= 15 is 0 Å². The van der Waals surface area contributed by atoms with Gasteiger partial charge in [-0.2, -0.15) is 0 Å². The van der Waals surface area contributed by atoms with E-state index in [-0.39, 0.29) is 6.54 Å². The van der Waals surface area contributed by atoms with Crippen LogP contribution in [0, 0.1) is 0 Å². The standard InChI is InChI=1S/C20H21ClN2O6/c1-13(24)28-12-19(25)22-11-16(23-20(26)27)10-14-2-6-17(7-3-14)29-18-8-4-15(21)5-9-18/h2-9,16,23H,10-12H2,1H3,(H,22,25)(H,26,27)/t16-/m0/s1. The highest BCUT2D eigenvalue weighted by Gasteiger charge is 2.14. The Balaban J connectivity index is 1.92. The Bertz CT molecular complexity index is 839. The Morgan fingerprint density at radius 2 is 1.62 bits per heavy atom. The Morgan fingerprint density at radius 3 is 2.17 bits per heavy atom. The van der Waals surface area contributed by atoms with Gasteiger partial charge in [0.2, 0.25) is 0 Å². The van der Waals surface area contributed by atoms with Crippen molar-refractivity contribution in [2.75, 3.05) is 13.2 Å².